The van der Waals surface area contributed by atoms with Crippen molar-refractivity contribution in [1.29, 1.82) is 0 Å². The number of rotatable bonds is 4. The first kappa shape index (κ1) is 16.0. The summed E-state index contributed by atoms with van der Waals surface area (Å²) in [5.41, 5.74) is 4.58. The summed E-state index contributed by atoms with van der Waals surface area (Å²) in [7, 11) is 0. The van der Waals surface area contributed by atoms with E-state index >= 15 is 0 Å². The number of phenols is 1. The van der Waals surface area contributed by atoms with Crippen molar-refractivity contribution in [2.24, 2.45) is 0 Å². The zero-order valence-corrected chi connectivity index (χ0v) is 11.9. The fraction of sp³-hybridized carbons (Fsp3) is 0.0667. The van der Waals surface area contributed by atoms with Gasteiger partial charge in [-0.05, 0) is 18.2 Å². The highest BCUT2D eigenvalue weighted by molar-refractivity contribution is 5.95. The molecule has 118 valence electrons. The second-order valence-electron chi connectivity index (χ2n) is 4.62. The Bertz CT molecular complexity index is 760. The van der Waals surface area contributed by atoms with Crippen LogP contribution >= 0.6 is 0 Å². The third-order valence-corrected chi connectivity index (χ3v) is 2.96. The van der Waals surface area contributed by atoms with Gasteiger partial charge < -0.3 is 5.11 Å². The zero-order valence-electron chi connectivity index (χ0n) is 11.9. The van der Waals surface area contributed by atoms with E-state index in [1.54, 1.807) is 6.07 Å². The summed E-state index contributed by atoms with van der Waals surface area (Å²) in [6, 6.07) is 11.4. The maximum absolute atomic E-state index is 11.8. The molecule has 8 nitrogen and oxygen atoms in total. The van der Waals surface area contributed by atoms with E-state index < -0.39 is 16.7 Å². The molecule has 0 heterocycles. The number of phenolic OH excluding ortho intramolecular Hbond substituents is 1. The van der Waals surface area contributed by atoms with Crippen LogP contribution in [0.1, 0.15) is 15.9 Å². The molecule has 0 saturated heterocycles. The van der Waals surface area contributed by atoms with E-state index in [2.05, 4.69) is 10.9 Å². The van der Waals surface area contributed by atoms with Crippen molar-refractivity contribution in [3.63, 3.8) is 0 Å². The number of nitro benzene ring substituents is 1. The number of hydrazine groups is 1. The molecule has 0 radical (unpaired) electrons. The van der Waals surface area contributed by atoms with E-state index in [0.717, 1.165) is 0 Å². The molecule has 0 aromatic heterocycles. The van der Waals surface area contributed by atoms with Gasteiger partial charge in [-0.25, -0.2) is 0 Å². The number of nitro groups is 1. The fourth-order valence-electron chi connectivity index (χ4n) is 1.90. The van der Waals surface area contributed by atoms with Gasteiger partial charge in [0.15, 0.2) is 0 Å². The molecule has 23 heavy (non-hydrogen) atoms. The van der Waals surface area contributed by atoms with Crippen LogP contribution < -0.4 is 10.9 Å². The summed E-state index contributed by atoms with van der Waals surface area (Å²) in [6.45, 7) is 0. The van der Waals surface area contributed by atoms with Crippen molar-refractivity contribution in [3.8, 4) is 5.75 Å². The SMILES string of the molecule is O=C(Cc1ccccc1[N+](=O)[O-])NNC(=O)c1cccc(O)c1. The topological polar surface area (TPSA) is 122 Å². The molecule has 8 heteroatoms. The predicted molar refractivity (Wildman–Crippen MR) is 80.5 cm³/mol. The lowest BCUT2D eigenvalue weighted by Gasteiger charge is -2.08. The van der Waals surface area contributed by atoms with Crippen LogP contribution in [0.2, 0.25) is 0 Å². The molecule has 0 spiro atoms. The summed E-state index contributed by atoms with van der Waals surface area (Å²) in [4.78, 5) is 33.9. The average molecular weight is 315 g/mol. The van der Waals surface area contributed by atoms with E-state index in [1.807, 2.05) is 0 Å². The fourth-order valence-corrected chi connectivity index (χ4v) is 1.90. The maximum Gasteiger partial charge on any atom is 0.273 e. The van der Waals surface area contributed by atoms with Crippen LogP contribution in [0, 0.1) is 10.1 Å². The van der Waals surface area contributed by atoms with Crippen LogP contribution in [-0.4, -0.2) is 21.8 Å². The average Bonchev–Trinajstić information content (AvgIpc) is 2.53. The van der Waals surface area contributed by atoms with E-state index in [1.165, 1.54) is 42.5 Å². The molecule has 2 aromatic carbocycles. The molecular formula is C15H13N3O5. The van der Waals surface area contributed by atoms with Crippen molar-refractivity contribution in [2.45, 2.75) is 6.42 Å². The normalized spacial score (nSPS) is 9.91. The highest BCUT2D eigenvalue weighted by atomic mass is 16.6. The Labute approximate surface area is 130 Å². The summed E-state index contributed by atoms with van der Waals surface area (Å²) in [5.74, 6) is -1.30. The number of hydrogen-bond acceptors (Lipinski definition) is 5. The van der Waals surface area contributed by atoms with Crippen LogP contribution in [0.25, 0.3) is 0 Å². The molecule has 0 atom stereocenters. The van der Waals surface area contributed by atoms with Gasteiger partial charge >= 0.3 is 0 Å². The van der Waals surface area contributed by atoms with Gasteiger partial charge in [-0.15, -0.1) is 0 Å². The van der Waals surface area contributed by atoms with Crippen molar-refractivity contribution in [2.75, 3.05) is 0 Å². The van der Waals surface area contributed by atoms with E-state index in [9.17, 15) is 24.8 Å². The van der Waals surface area contributed by atoms with Gasteiger partial charge in [-0.2, -0.15) is 0 Å². The first-order valence-corrected chi connectivity index (χ1v) is 6.58. The van der Waals surface area contributed by atoms with Gasteiger partial charge in [0.05, 0.1) is 11.3 Å². The number of amides is 2. The van der Waals surface area contributed by atoms with E-state index in [0.29, 0.717) is 0 Å². The van der Waals surface area contributed by atoms with E-state index in [-0.39, 0.29) is 29.0 Å². The molecule has 0 unspecified atom stereocenters. The highest BCUT2D eigenvalue weighted by Crippen LogP contribution is 2.17. The van der Waals surface area contributed by atoms with Crippen LogP contribution in [0.3, 0.4) is 0 Å². The number of hydrogen-bond donors (Lipinski definition) is 3. The minimum atomic E-state index is -0.614. The Balaban J connectivity index is 1.96. The summed E-state index contributed by atoms with van der Waals surface area (Å²) in [6.07, 6.45) is -0.253. The highest BCUT2D eigenvalue weighted by Gasteiger charge is 2.16. The quantitative estimate of drug-likeness (QED) is 0.580. The lowest BCUT2D eigenvalue weighted by molar-refractivity contribution is -0.385. The number of nitrogens with one attached hydrogen (secondary N) is 2. The lowest BCUT2D eigenvalue weighted by atomic mass is 10.1. The number of para-hydroxylation sites is 1. The molecule has 0 aliphatic carbocycles. The minimum Gasteiger partial charge on any atom is -0.508 e. The molecule has 2 rings (SSSR count). The third kappa shape index (κ3) is 4.27. The van der Waals surface area contributed by atoms with Crippen LogP contribution in [-0.2, 0) is 11.2 Å². The Morgan fingerprint density at radius 1 is 1.09 bits per heavy atom. The largest absolute Gasteiger partial charge is 0.508 e. The van der Waals surface area contributed by atoms with Crippen molar-refractivity contribution in [1.82, 2.24) is 10.9 Å². The van der Waals surface area contributed by atoms with Crippen LogP contribution in [0.15, 0.2) is 48.5 Å². The third-order valence-electron chi connectivity index (χ3n) is 2.96. The second kappa shape index (κ2) is 7.03. The minimum absolute atomic E-state index is 0.0797. The van der Waals surface area contributed by atoms with Crippen LogP contribution in [0.4, 0.5) is 5.69 Å². The van der Waals surface area contributed by atoms with Gasteiger partial charge in [-0.3, -0.25) is 30.6 Å². The lowest BCUT2D eigenvalue weighted by Crippen LogP contribution is -2.42. The Morgan fingerprint density at radius 3 is 2.52 bits per heavy atom. The second-order valence-corrected chi connectivity index (χ2v) is 4.62. The van der Waals surface area contributed by atoms with Gasteiger partial charge in [-0.1, -0.05) is 24.3 Å². The summed E-state index contributed by atoms with van der Waals surface area (Å²) < 4.78 is 0. The van der Waals surface area contributed by atoms with Gasteiger partial charge in [0.25, 0.3) is 11.6 Å². The number of carbonyl (C=O) groups excluding carboxylic acids is 2. The smallest absolute Gasteiger partial charge is 0.273 e. The van der Waals surface area contributed by atoms with Gasteiger partial charge in [0.1, 0.15) is 5.75 Å². The van der Waals surface area contributed by atoms with E-state index in [4.69, 9.17) is 0 Å². The number of aromatic hydroxyl groups is 1. The van der Waals surface area contributed by atoms with Crippen LogP contribution in [0.5, 0.6) is 5.75 Å². The summed E-state index contributed by atoms with van der Waals surface area (Å²) in [5, 5.41) is 20.2. The molecule has 2 aromatic rings. The molecular weight excluding hydrogens is 302 g/mol. The molecule has 3 N–H and O–H groups in total. The number of carbonyl (C=O) groups is 2. The van der Waals surface area contributed by atoms with Crippen molar-refractivity contribution in [3.05, 3.63) is 69.8 Å². The Morgan fingerprint density at radius 2 is 1.83 bits per heavy atom. The molecule has 0 fully saturated rings. The van der Waals surface area contributed by atoms with Gasteiger partial charge in [0, 0.05) is 17.2 Å². The Hall–Kier alpha value is -3.42. The molecule has 0 saturated carbocycles. The van der Waals surface area contributed by atoms with Gasteiger partial charge in [0.2, 0.25) is 5.91 Å². The molecule has 0 aliphatic rings. The molecule has 0 aliphatic heterocycles. The van der Waals surface area contributed by atoms with Crippen molar-refractivity contribution < 1.29 is 19.6 Å². The first-order valence-electron chi connectivity index (χ1n) is 6.58. The standard InChI is InChI=1S/C15H13N3O5/c19-12-6-3-5-11(8-12)15(21)17-16-14(20)9-10-4-1-2-7-13(10)18(22)23/h1-8,19H,9H2,(H,16,20)(H,17,21). The Kier molecular flexibility index (Phi) is 4.88. The number of nitrogens with zero attached hydrogens (tertiary/aromatic N) is 1. The monoisotopic (exact) mass is 315 g/mol. The number of benzene rings is 2. The first-order chi connectivity index (χ1) is 11.0. The predicted octanol–water partition coefficient (Wildman–Crippen LogP) is 1.30. The van der Waals surface area contributed by atoms with Crippen molar-refractivity contribution >= 4 is 17.5 Å². The molecule has 0 bridgehead atoms. The maximum atomic E-state index is 11.8. The summed E-state index contributed by atoms with van der Waals surface area (Å²) >= 11 is 0. The zero-order chi connectivity index (χ0) is 16.8. The molecule has 2 amide bonds.